The molecule has 0 spiro atoms. The quantitative estimate of drug-likeness (QED) is 0.766. The first-order valence-corrected chi connectivity index (χ1v) is 10.3. The average Bonchev–Trinajstić information content (AvgIpc) is 3.28. The van der Waals surface area contributed by atoms with Gasteiger partial charge in [-0.2, -0.15) is 16.4 Å². The Bertz CT molecular complexity index is 830. The first-order chi connectivity index (χ1) is 11.9. The number of hydrogen-bond acceptors (Lipinski definition) is 6. The molecule has 2 aromatic heterocycles. The van der Waals surface area contributed by atoms with Crippen molar-refractivity contribution in [3.05, 3.63) is 28.6 Å². The van der Waals surface area contributed by atoms with Gasteiger partial charge >= 0.3 is 0 Å². The van der Waals surface area contributed by atoms with Crippen LogP contribution in [0.1, 0.15) is 10.5 Å². The normalized spacial score (nSPS) is 20.9. The van der Waals surface area contributed by atoms with Crippen LogP contribution in [0.3, 0.4) is 0 Å². The second-order valence-corrected chi connectivity index (χ2v) is 9.12. The van der Waals surface area contributed by atoms with E-state index in [2.05, 4.69) is 15.5 Å². The van der Waals surface area contributed by atoms with Gasteiger partial charge in [0.2, 0.25) is 10.0 Å². The van der Waals surface area contributed by atoms with E-state index in [4.69, 9.17) is 4.74 Å². The van der Waals surface area contributed by atoms with Gasteiger partial charge in [-0.05, 0) is 17.5 Å². The van der Waals surface area contributed by atoms with Gasteiger partial charge in [-0.3, -0.25) is 9.89 Å². The van der Waals surface area contributed by atoms with E-state index in [0.717, 1.165) is 5.56 Å². The third kappa shape index (κ3) is 4.09. The fourth-order valence-corrected chi connectivity index (χ4v) is 4.40. The minimum absolute atomic E-state index is 0.0614. The third-order valence-electron chi connectivity index (χ3n) is 4.14. The summed E-state index contributed by atoms with van der Waals surface area (Å²) in [4.78, 5) is 12.4. The summed E-state index contributed by atoms with van der Waals surface area (Å²) in [6, 6.07) is 3.25. The van der Waals surface area contributed by atoms with Crippen LogP contribution in [0.5, 0.6) is 0 Å². The Kier molecular flexibility index (Phi) is 5.23. The van der Waals surface area contributed by atoms with Gasteiger partial charge in [-0.25, -0.2) is 12.7 Å². The predicted molar refractivity (Wildman–Crippen MR) is 94.9 cm³/mol. The summed E-state index contributed by atoms with van der Waals surface area (Å²) in [6.45, 7) is 0.603. The highest BCUT2D eigenvalue weighted by molar-refractivity contribution is 7.89. The molecule has 2 N–H and O–H groups in total. The van der Waals surface area contributed by atoms with Gasteiger partial charge in [-0.1, -0.05) is 0 Å². The summed E-state index contributed by atoms with van der Waals surface area (Å²) >= 11 is 1.55. The summed E-state index contributed by atoms with van der Waals surface area (Å²) < 4.78 is 30.7. The van der Waals surface area contributed by atoms with Crippen molar-refractivity contribution in [3.63, 3.8) is 0 Å². The number of ether oxygens (including phenoxy) is 1. The molecule has 10 heteroatoms. The van der Waals surface area contributed by atoms with Gasteiger partial charge < -0.3 is 10.1 Å². The van der Waals surface area contributed by atoms with Crippen LogP contribution in [0, 0.1) is 5.92 Å². The van der Waals surface area contributed by atoms with Crippen molar-refractivity contribution in [2.24, 2.45) is 5.92 Å². The standard InChI is InChI=1S/C15H20N4O4S2/c1-19(2)25(21,22)9-11-6-23-7-14(11)16-15(20)13-5-12(17-18-13)10-3-4-24-8-10/h3-5,8,11,14H,6-7,9H2,1-2H3,(H,16,20)(H,17,18)/t11-,14-/m0/s1. The second-order valence-electron chi connectivity index (χ2n) is 6.12. The van der Waals surface area contributed by atoms with Crippen molar-refractivity contribution in [2.75, 3.05) is 33.1 Å². The van der Waals surface area contributed by atoms with Gasteiger partial charge in [0, 0.05) is 31.0 Å². The van der Waals surface area contributed by atoms with E-state index in [1.54, 1.807) is 17.4 Å². The van der Waals surface area contributed by atoms with E-state index in [0.29, 0.717) is 24.6 Å². The molecule has 8 nitrogen and oxygen atoms in total. The van der Waals surface area contributed by atoms with Gasteiger partial charge in [0.25, 0.3) is 5.91 Å². The lowest BCUT2D eigenvalue weighted by molar-refractivity contribution is 0.0921. The Morgan fingerprint density at radius 3 is 2.96 bits per heavy atom. The molecule has 3 rings (SSSR count). The molecule has 1 fully saturated rings. The van der Waals surface area contributed by atoms with E-state index < -0.39 is 10.0 Å². The maximum atomic E-state index is 12.4. The van der Waals surface area contributed by atoms with E-state index in [-0.39, 0.29) is 23.6 Å². The summed E-state index contributed by atoms with van der Waals surface area (Å²) in [5.74, 6) is -0.666. The molecule has 0 radical (unpaired) electrons. The molecule has 0 aromatic carbocycles. The minimum Gasteiger partial charge on any atom is -0.379 e. The number of sulfonamides is 1. The molecule has 136 valence electrons. The Hall–Kier alpha value is -1.75. The molecule has 0 saturated carbocycles. The summed E-state index contributed by atoms with van der Waals surface area (Å²) in [6.07, 6.45) is 0. The number of hydrogen-bond donors (Lipinski definition) is 2. The van der Waals surface area contributed by atoms with Crippen molar-refractivity contribution in [2.45, 2.75) is 6.04 Å². The maximum Gasteiger partial charge on any atom is 0.269 e. The van der Waals surface area contributed by atoms with Gasteiger partial charge in [0.1, 0.15) is 5.69 Å². The van der Waals surface area contributed by atoms with Crippen molar-refractivity contribution in [3.8, 4) is 11.3 Å². The SMILES string of the molecule is CN(C)S(=O)(=O)C[C@@H]1COC[C@@H]1NC(=O)c1cc(-c2ccsc2)n[nH]1. The lowest BCUT2D eigenvalue weighted by Gasteiger charge is -2.20. The van der Waals surface area contributed by atoms with Crippen LogP contribution in [0.15, 0.2) is 22.9 Å². The van der Waals surface area contributed by atoms with Crippen molar-refractivity contribution in [1.82, 2.24) is 19.8 Å². The monoisotopic (exact) mass is 384 g/mol. The zero-order chi connectivity index (χ0) is 18.0. The fourth-order valence-electron chi connectivity index (χ4n) is 2.58. The Morgan fingerprint density at radius 1 is 1.48 bits per heavy atom. The van der Waals surface area contributed by atoms with Crippen LogP contribution in [-0.4, -0.2) is 67.9 Å². The zero-order valence-corrected chi connectivity index (χ0v) is 15.6. The number of amides is 1. The van der Waals surface area contributed by atoms with Gasteiger partial charge in [0.15, 0.2) is 0 Å². The topological polar surface area (TPSA) is 104 Å². The number of nitrogens with zero attached hydrogens (tertiary/aromatic N) is 2. The number of aromatic nitrogens is 2. The summed E-state index contributed by atoms with van der Waals surface area (Å²) in [7, 11) is -0.367. The number of nitrogens with one attached hydrogen (secondary N) is 2. The highest BCUT2D eigenvalue weighted by atomic mass is 32.2. The maximum absolute atomic E-state index is 12.4. The first-order valence-electron chi connectivity index (χ1n) is 7.73. The molecular weight excluding hydrogens is 364 g/mol. The highest BCUT2D eigenvalue weighted by Crippen LogP contribution is 2.21. The molecule has 2 aromatic rings. The van der Waals surface area contributed by atoms with Gasteiger partial charge in [0.05, 0.1) is 30.7 Å². The lowest BCUT2D eigenvalue weighted by Crippen LogP contribution is -2.43. The largest absolute Gasteiger partial charge is 0.379 e. The summed E-state index contributed by atoms with van der Waals surface area (Å²) in [5.41, 5.74) is 1.97. The van der Waals surface area contributed by atoms with E-state index in [1.807, 2.05) is 16.8 Å². The second kappa shape index (κ2) is 7.24. The fraction of sp³-hybridized carbons (Fsp3) is 0.467. The van der Waals surface area contributed by atoms with Crippen molar-refractivity contribution in [1.29, 1.82) is 0 Å². The molecule has 1 aliphatic heterocycles. The molecule has 2 atom stereocenters. The molecule has 25 heavy (non-hydrogen) atoms. The Labute approximate surface area is 150 Å². The molecular formula is C15H20N4O4S2. The minimum atomic E-state index is -3.36. The van der Waals surface area contributed by atoms with E-state index in [9.17, 15) is 13.2 Å². The van der Waals surface area contributed by atoms with Crippen molar-refractivity contribution >= 4 is 27.3 Å². The zero-order valence-electron chi connectivity index (χ0n) is 13.9. The Morgan fingerprint density at radius 2 is 2.28 bits per heavy atom. The molecule has 1 amide bonds. The number of thiophene rings is 1. The summed E-state index contributed by atoms with van der Waals surface area (Å²) in [5, 5.41) is 13.6. The number of carbonyl (C=O) groups is 1. The van der Waals surface area contributed by atoms with Crippen LogP contribution in [0.4, 0.5) is 0 Å². The van der Waals surface area contributed by atoms with E-state index >= 15 is 0 Å². The smallest absolute Gasteiger partial charge is 0.269 e. The third-order valence-corrected chi connectivity index (χ3v) is 6.78. The number of H-pyrrole nitrogens is 1. The lowest BCUT2D eigenvalue weighted by atomic mass is 10.1. The Balaban J connectivity index is 1.66. The van der Waals surface area contributed by atoms with Crippen LogP contribution < -0.4 is 5.32 Å². The number of carbonyl (C=O) groups excluding carboxylic acids is 1. The predicted octanol–water partition coefficient (Wildman–Crippen LogP) is 0.774. The molecule has 0 aliphatic carbocycles. The molecule has 0 unspecified atom stereocenters. The van der Waals surface area contributed by atoms with Gasteiger partial charge in [-0.15, -0.1) is 0 Å². The van der Waals surface area contributed by atoms with E-state index in [1.165, 1.54) is 18.4 Å². The number of aromatic amines is 1. The van der Waals surface area contributed by atoms with Crippen LogP contribution >= 0.6 is 11.3 Å². The highest BCUT2D eigenvalue weighted by Gasteiger charge is 2.34. The molecule has 1 aliphatic rings. The van der Waals surface area contributed by atoms with Crippen LogP contribution in [0.25, 0.3) is 11.3 Å². The molecule has 0 bridgehead atoms. The average molecular weight is 384 g/mol. The number of rotatable bonds is 6. The van der Waals surface area contributed by atoms with Crippen LogP contribution in [0.2, 0.25) is 0 Å². The van der Waals surface area contributed by atoms with Crippen molar-refractivity contribution < 1.29 is 17.9 Å². The molecule has 1 saturated heterocycles. The first kappa shape index (κ1) is 18.1. The molecule has 3 heterocycles. The van der Waals surface area contributed by atoms with Crippen LogP contribution in [-0.2, 0) is 14.8 Å².